The molecule has 0 spiro atoms. The quantitative estimate of drug-likeness (QED) is 0.0479. The number of thiazole rings is 1. The molecule has 0 bridgehead atoms. The van der Waals surface area contributed by atoms with Gasteiger partial charge in [0.25, 0.3) is 5.91 Å². The molecule has 3 fully saturated rings. The average Bonchev–Trinajstić information content (AvgIpc) is 3.66. The van der Waals surface area contributed by atoms with Gasteiger partial charge in [0.1, 0.15) is 24.2 Å². The summed E-state index contributed by atoms with van der Waals surface area (Å²) in [6.45, 7) is 10.2. The monoisotopic (exact) mass is 687 g/mol. The van der Waals surface area contributed by atoms with Crippen molar-refractivity contribution in [3.05, 3.63) is 23.7 Å². The zero-order valence-corrected chi connectivity index (χ0v) is 29.6. The van der Waals surface area contributed by atoms with E-state index in [4.69, 9.17) is 10.6 Å². The van der Waals surface area contributed by atoms with Crippen molar-refractivity contribution < 1.29 is 53.9 Å². The van der Waals surface area contributed by atoms with Crippen LogP contribution in [-0.4, -0.2) is 139 Å². The van der Waals surface area contributed by atoms with Crippen LogP contribution in [0.1, 0.15) is 12.1 Å². The molecule has 0 radical (unpaired) electrons. The van der Waals surface area contributed by atoms with Crippen molar-refractivity contribution in [2.24, 2.45) is 10.6 Å². The minimum Gasteiger partial charge on any atom is -0.549 e. The van der Waals surface area contributed by atoms with Gasteiger partial charge in [-0.05, 0) is 16.8 Å². The number of carboxylic acid groups (broad SMARTS) is 1. The summed E-state index contributed by atoms with van der Waals surface area (Å²) in [6, 6.07) is -0.852. The van der Waals surface area contributed by atoms with Crippen molar-refractivity contribution >= 4 is 63.5 Å². The zero-order chi connectivity index (χ0) is 31.3. The van der Waals surface area contributed by atoms with Crippen LogP contribution in [0, 0.1) is 5.41 Å². The Bertz CT molecular complexity index is 1400. The number of anilines is 1. The number of rotatable bonds is 14. The number of carbonyl (C=O) groups excluding carboxylic acids is 3. The summed E-state index contributed by atoms with van der Waals surface area (Å²) in [6.07, 6.45) is 2.78. The maximum atomic E-state index is 13.1. The molecule has 3 saturated heterocycles. The van der Waals surface area contributed by atoms with Crippen molar-refractivity contribution in [2.45, 2.75) is 29.5 Å². The van der Waals surface area contributed by atoms with E-state index in [-0.39, 0.29) is 64.1 Å². The van der Waals surface area contributed by atoms with Gasteiger partial charge in [-0.3, -0.25) is 14.5 Å². The molecule has 3 aliphatic rings. The number of nitrogens with two attached hydrogens (primary N) is 1. The van der Waals surface area contributed by atoms with Crippen molar-refractivity contribution in [3.63, 3.8) is 0 Å². The van der Waals surface area contributed by atoms with Crippen LogP contribution in [-0.2, 0) is 25.8 Å². The van der Waals surface area contributed by atoms with Crippen molar-refractivity contribution in [1.29, 1.82) is 0 Å². The minimum absolute atomic E-state index is 0. The number of aromatic nitrogens is 5. The molecule has 0 saturated carbocycles. The van der Waals surface area contributed by atoms with Gasteiger partial charge in [-0.25, -0.2) is 9.67 Å². The van der Waals surface area contributed by atoms with E-state index in [0.29, 0.717) is 11.7 Å². The number of nitrogens with one attached hydrogen (secondary N) is 1. The number of aryl methyl sites for hydroxylation is 1. The molecule has 2 amide bonds. The van der Waals surface area contributed by atoms with Crippen LogP contribution in [0.4, 0.5) is 5.13 Å². The van der Waals surface area contributed by atoms with Crippen LogP contribution in [0.25, 0.3) is 0 Å². The Morgan fingerprint density at radius 2 is 2.07 bits per heavy atom. The summed E-state index contributed by atoms with van der Waals surface area (Å²) in [5.74, 6) is -1.98. The Labute approximate surface area is 294 Å². The van der Waals surface area contributed by atoms with Gasteiger partial charge in [-0.1, -0.05) is 23.0 Å². The molecule has 0 aliphatic carbocycles. The van der Waals surface area contributed by atoms with Crippen molar-refractivity contribution in [3.8, 4) is 0 Å². The summed E-state index contributed by atoms with van der Waals surface area (Å²) in [5.41, 5.74) is 4.47. The molecule has 3 N–H and O–H groups in total. The molecule has 2 aromatic heterocycles. The maximum Gasteiger partial charge on any atom is 1.00 e. The molecule has 3 aliphatic heterocycles. The van der Waals surface area contributed by atoms with E-state index in [0.717, 1.165) is 57.0 Å². The predicted molar refractivity (Wildman–Crippen MR) is 164 cm³/mol. The average molecular weight is 688 g/mol. The number of nitrogen functional groups attached to an aromatic ring is 1. The first-order chi connectivity index (χ1) is 21.2. The number of carbonyl (C=O) groups is 3. The van der Waals surface area contributed by atoms with Gasteiger partial charge < -0.3 is 35.6 Å². The van der Waals surface area contributed by atoms with Crippen LogP contribution < -0.4 is 45.7 Å². The molecule has 0 aromatic carbocycles. The fourth-order valence-electron chi connectivity index (χ4n) is 5.26. The van der Waals surface area contributed by atoms with Crippen molar-refractivity contribution in [1.82, 2.24) is 45.2 Å². The Morgan fingerprint density at radius 3 is 2.73 bits per heavy atom. The Hall–Kier alpha value is -2.26. The summed E-state index contributed by atoms with van der Waals surface area (Å²) in [7, 11) is 1.29. The number of thioether (sulfide) groups is 2. The molecule has 238 valence electrons. The second-order valence-electron chi connectivity index (χ2n) is 10.6. The van der Waals surface area contributed by atoms with Gasteiger partial charge in [-0.2, -0.15) is 0 Å². The predicted octanol–water partition coefficient (Wildman–Crippen LogP) is -4.81. The number of nitrogens with zero attached hydrogens (tertiary/aromatic N) is 9. The molecule has 3 atom stereocenters. The SMILES string of the molecule is C=CCN1CCN(CCCn2nnnc2SCC2(C(=O)[O-])CS[C@@H]3C(NC(=O)C(=NOC)c4csc(N)n4)C(=O)N3C2)CC1.[Na+]. The first-order valence-electron chi connectivity index (χ1n) is 14.0. The number of hydrogen-bond donors (Lipinski definition) is 2. The van der Waals surface area contributed by atoms with Gasteiger partial charge >= 0.3 is 29.6 Å². The summed E-state index contributed by atoms with van der Waals surface area (Å²) in [5, 5.41) is 32.8. The summed E-state index contributed by atoms with van der Waals surface area (Å²) in [4.78, 5) is 53.6. The molecular formula is C25H34N11NaO5S3. The molecule has 45 heavy (non-hydrogen) atoms. The fraction of sp³-hybridized carbons (Fsp3) is 0.600. The van der Waals surface area contributed by atoms with Gasteiger partial charge in [0.05, 0.1) is 5.97 Å². The number of hydrogen-bond acceptors (Lipinski definition) is 16. The van der Waals surface area contributed by atoms with E-state index in [1.807, 2.05) is 6.08 Å². The number of aliphatic carboxylic acids is 1. The number of piperazine rings is 1. The second-order valence-corrected chi connectivity index (χ2v) is 13.6. The number of fused-ring (bicyclic) bond motifs is 1. The summed E-state index contributed by atoms with van der Waals surface area (Å²) >= 11 is 3.66. The van der Waals surface area contributed by atoms with Gasteiger partial charge in [0.15, 0.2) is 10.8 Å². The maximum absolute atomic E-state index is 13.1. The number of oxime groups is 1. The minimum atomic E-state index is -1.32. The number of tetrazole rings is 1. The molecule has 20 heteroatoms. The van der Waals surface area contributed by atoms with Crippen LogP contribution in [0.15, 0.2) is 28.3 Å². The molecular weight excluding hydrogens is 654 g/mol. The smallest absolute Gasteiger partial charge is 0.549 e. The van der Waals surface area contributed by atoms with Crippen LogP contribution in [0.5, 0.6) is 0 Å². The molecule has 5 rings (SSSR count). The first-order valence-corrected chi connectivity index (χ1v) is 16.9. The first kappa shape index (κ1) is 35.6. The Morgan fingerprint density at radius 1 is 1.31 bits per heavy atom. The molecule has 2 unspecified atom stereocenters. The van der Waals surface area contributed by atoms with Gasteiger partial charge in [-0.15, -0.1) is 34.8 Å². The third kappa shape index (κ3) is 8.19. The number of β-lactam (4-membered cyclic amide) rings is 1. The van der Waals surface area contributed by atoms with Gasteiger partial charge in [0, 0.05) is 74.7 Å². The molecule has 5 heterocycles. The Kier molecular flexibility index (Phi) is 12.7. The van der Waals surface area contributed by atoms with Crippen LogP contribution in [0.2, 0.25) is 0 Å². The van der Waals surface area contributed by atoms with Crippen LogP contribution >= 0.6 is 34.9 Å². The third-order valence-electron chi connectivity index (χ3n) is 7.70. The summed E-state index contributed by atoms with van der Waals surface area (Å²) < 4.78 is 1.69. The number of carboxylic acids is 1. The molecule has 2 aromatic rings. The van der Waals surface area contributed by atoms with Crippen molar-refractivity contribution in [2.75, 3.05) is 70.2 Å². The van der Waals surface area contributed by atoms with E-state index in [9.17, 15) is 19.5 Å². The third-order valence-corrected chi connectivity index (χ3v) is 11.2. The van der Waals surface area contributed by atoms with E-state index >= 15 is 0 Å². The number of amides is 2. The zero-order valence-electron chi connectivity index (χ0n) is 25.2. The largest absolute Gasteiger partial charge is 1.00 e. The van der Waals surface area contributed by atoms with E-state index in [1.54, 1.807) is 10.1 Å². The van der Waals surface area contributed by atoms with E-state index in [2.05, 4.69) is 47.4 Å². The molecule has 16 nitrogen and oxygen atoms in total. The van der Waals surface area contributed by atoms with E-state index < -0.39 is 34.6 Å². The topological polar surface area (TPSA) is 200 Å². The standard InChI is InChI=1S/C25H35N11O5S3.Na/c1-3-5-33-8-10-34(11-9-33)6-4-7-36-24(29-31-32-36)44-15-25(22(39)40)13-35-20(38)18(21(35)43-14-25)28-19(37)17(30-41-2)16-12-42-23(26)27-16;/h3,12,18,21H,1,4-11,13-15H2,2H3,(H2,26,27)(H,28,37)(H,39,40);/q;+1/p-1/t18?,21-,25?;/m1./s1. The van der Waals surface area contributed by atoms with Crippen LogP contribution in [0.3, 0.4) is 0 Å². The van der Waals surface area contributed by atoms with E-state index in [1.165, 1.54) is 35.5 Å². The van der Waals surface area contributed by atoms with Gasteiger partial charge in [0.2, 0.25) is 11.1 Å². The Balaban J connectivity index is 0.00000461. The normalized spacial score (nSPS) is 23.9. The fourth-order valence-corrected chi connectivity index (χ4v) is 8.56. The second kappa shape index (κ2) is 16.0.